The standard InChI is InChI=1S/C18H20F2S2.C2H6/c1-13-4-6-14(7-5-13)15-10-17(19)16(18(20)11-15)12-22-9-3-8-21-2;1-2/h4-7,10-11H,3,8-9,12H2,1-2H3;1-2H3/p+1. The average molecular weight is 370 g/mol. The maximum atomic E-state index is 14.2. The van der Waals surface area contributed by atoms with E-state index in [1.807, 2.05) is 45.0 Å². The normalized spacial score (nSPS) is 10.2. The summed E-state index contributed by atoms with van der Waals surface area (Å²) in [5.74, 6) is 1.59. The molecular formula is C20H27F2S2+. The molecule has 0 fully saturated rings. The summed E-state index contributed by atoms with van der Waals surface area (Å²) in [6, 6.07) is 10.6. The Morgan fingerprint density at radius 2 is 1.54 bits per heavy atom. The van der Waals surface area contributed by atoms with Crippen LogP contribution in [0.25, 0.3) is 11.1 Å². The van der Waals surface area contributed by atoms with E-state index < -0.39 is 11.6 Å². The van der Waals surface area contributed by atoms with E-state index in [1.54, 1.807) is 11.8 Å². The summed E-state index contributed by atoms with van der Waals surface area (Å²) < 4.78 is 28.4. The minimum absolute atomic E-state index is 0.190. The first-order valence-electron chi connectivity index (χ1n) is 8.30. The number of halogens is 2. The molecule has 0 aromatic heterocycles. The molecule has 132 valence electrons. The molecule has 0 saturated carbocycles. The molecule has 0 amide bonds. The highest BCUT2D eigenvalue weighted by molar-refractivity contribution is 7.98. The van der Waals surface area contributed by atoms with Crippen molar-refractivity contribution in [1.82, 2.24) is 0 Å². The first kappa shape index (κ1) is 21.0. The highest BCUT2D eigenvalue weighted by Crippen LogP contribution is 2.27. The van der Waals surface area contributed by atoms with Gasteiger partial charge in [0.25, 0.3) is 0 Å². The van der Waals surface area contributed by atoms with Gasteiger partial charge in [0.1, 0.15) is 17.4 Å². The van der Waals surface area contributed by atoms with E-state index >= 15 is 0 Å². The van der Waals surface area contributed by atoms with Crippen LogP contribution in [0.5, 0.6) is 0 Å². The Kier molecular flexibility index (Phi) is 10.1. The van der Waals surface area contributed by atoms with E-state index in [-0.39, 0.29) is 5.56 Å². The van der Waals surface area contributed by atoms with Crippen molar-refractivity contribution in [1.29, 1.82) is 0 Å². The van der Waals surface area contributed by atoms with Crippen molar-refractivity contribution in [3.63, 3.8) is 0 Å². The fourth-order valence-electron chi connectivity index (χ4n) is 2.15. The molecule has 24 heavy (non-hydrogen) atoms. The summed E-state index contributed by atoms with van der Waals surface area (Å²) in [7, 11) is 0. The lowest BCUT2D eigenvalue weighted by Gasteiger charge is -2.08. The minimum atomic E-state index is -0.448. The van der Waals surface area contributed by atoms with Crippen LogP contribution in [0.3, 0.4) is 0 Å². The van der Waals surface area contributed by atoms with Gasteiger partial charge >= 0.3 is 0 Å². The third-order valence-corrected chi connectivity index (χ3v) is 5.28. The monoisotopic (exact) mass is 369 g/mol. The van der Waals surface area contributed by atoms with E-state index in [2.05, 4.69) is 6.26 Å². The highest BCUT2D eigenvalue weighted by atomic mass is 32.2. The van der Waals surface area contributed by atoms with Gasteiger partial charge in [0.2, 0.25) is 0 Å². The van der Waals surface area contributed by atoms with Crippen molar-refractivity contribution in [2.75, 3.05) is 17.8 Å². The van der Waals surface area contributed by atoms with Crippen LogP contribution < -0.4 is 0 Å². The van der Waals surface area contributed by atoms with Crippen LogP contribution in [0, 0.1) is 18.6 Å². The van der Waals surface area contributed by atoms with Gasteiger partial charge in [-0.3, -0.25) is 0 Å². The predicted octanol–water partition coefficient (Wildman–Crippen LogP) is 6.03. The summed E-state index contributed by atoms with van der Waals surface area (Å²) in [4.78, 5) is 0. The van der Waals surface area contributed by atoms with Gasteiger partial charge in [-0.2, -0.15) is 11.8 Å². The number of thioether (sulfide) groups is 1. The Morgan fingerprint density at radius 1 is 0.958 bits per heavy atom. The topological polar surface area (TPSA) is 0 Å². The van der Waals surface area contributed by atoms with Crippen molar-refractivity contribution in [3.8, 4) is 11.1 Å². The van der Waals surface area contributed by atoms with Crippen LogP contribution in [0.4, 0.5) is 8.78 Å². The van der Waals surface area contributed by atoms with E-state index in [0.29, 0.717) is 11.3 Å². The Morgan fingerprint density at radius 3 is 2.08 bits per heavy atom. The van der Waals surface area contributed by atoms with Gasteiger partial charge in [-0.15, -0.1) is 0 Å². The molecule has 0 aliphatic rings. The highest BCUT2D eigenvalue weighted by Gasteiger charge is 2.12. The van der Waals surface area contributed by atoms with Crippen molar-refractivity contribution in [2.45, 2.75) is 32.9 Å². The molecule has 0 aliphatic carbocycles. The zero-order chi connectivity index (χ0) is 17.9. The van der Waals surface area contributed by atoms with Crippen molar-refractivity contribution >= 4 is 23.5 Å². The predicted molar refractivity (Wildman–Crippen MR) is 108 cm³/mol. The second-order valence-corrected chi connectivity index (χ2v) is 7.42. The molecule has 0 saturated heterocycles. The van der Waals surface area contributed by atoms with E-state index in [1.165, 1.54) is 23.9 Å². The fourth-order valence-corrected chi connectivity index (χ4v) is 3.81. The first-order chi connectivity index (χ1) is 11.6. The number of rotatable bonds is 7. The van der Waals surface area contributed by atoms with Crippen molar-refractivity contribution in [2.24, 2.45) is 0 Å². The van der Waals surface area contributed by atoms with Gasteiger partial charge in [-0.1, -0.05) is 43.7 Å². The Balaban J connectivity index is 0.00000139. The minimum Gasteiger partial charge on any atom is -0.207 e. The van der Waals surface area contributed by atoms with Crippen molar-refractivity contribution < 1.29 is 8.78 Å². The molecule has 0 nitrogen and oxygen atoms in total. The molecule has 0 N–H and O–H groups in total. The van der Waals surface area contributed by atoms with E-state index in [0.717, 1.165) is 29.1 Å². The summed E-state index contributed by atoms with van der Waals surface area (Å²) in [5, 5.41) is 0. The van der Waals surface area contributed by atoms with Gasteiger partial charge in [0, 0.05) is 17.7 Å². The Labute approximate surface area is 153 Å². The molecule has 2 aromatic rings. The Bertz CT molecular complexity index is 587. The lowest BCUT2D eigenvalue weighted by Crippen LogP contribution is -1.97. The third kappa shape index (κ3) is 6.48. The SMILES string of the molecule is CC.C[SH+]CCCSCc1c(F)cc(-c2ccc(C)cc2)cc1F. The number of thiol groups is 1. The number of hydrogen-bond donors (Lipinski definition) is 0. The van der Waals surface area contributed by atoms with Gasteiger partial charge in [-0.25, -0.2) is 8.78 Å². The molecule has 0 atom stereocenters. The summed E-state index contributed by atoms with van der Waals surface area (Å²) >= 11 is 2.97. The largest absolute Gasteiger partial charge is 0.207 e. The molecular weight excluding hydrogens is 342 g/mol. The maximum absolute atomic E-state index is 14.2. The van der Waals surface area contributed by atoms with Crippen LogP contribution in [0.2, 0.25) is 0 Å². The summed E-state index contributed by atoms with van der Waals surface area (Å²) in [5.41, 5.74) is 2.75. The number of benzene rings is 2. The van der Waals surface area contributed by atoms with Gasteiger partial charge < -0.3 is 0 Å². The summed E-state index contributed by atoms with van der Waals surface area (Å²) in [6.45, 7) is 5.99. The van der Waals surface area contributed by atoms with Crippen LogP contribution in [-0.4, -0.2) is 17.8 Å². The third-order valence-electron chi connectivity index (χ3n) is 3.44. The number of hydrogen-bond acceptors (Lipinski definition) is 1. The average Bonchev–Trinajstić information content (AvgIpc) is 2.59. The van der Waals surface area contributed by atoms with Crippen LogP contribution in [-0.2, 0) is 17.5 Å². The zero-order valence-corrected chi connectivity index (χ0v) is 16.6. The molecule has 0 unspecified atom stereocenters. The molecule has 0 bridgehead atoms. The van der Waals surface area contributed by atoms with Crippen LogP contribution in [0.15, 0.2) is 36.4 Å². The van der Waals surface area contributed by atoms with Gasteiger partial charge in [0.15, 0.2) is 0 Å². The molecule has 0 spiro atoms. The quantitative estimate of drug-likeness (QED) is 0.326. The van der Waals surface area contributed by atoms with Gasteiger partial charge in [0.05, 0.1) is 6.26 Å². The summed E-state index contributed by atoms with van der Waals surface area (Å²) in [6.07, 6.45) is 3.21. The molecule has 0 radical (unpaired) electrons. The van der Waals surface area contributed by atoms with Crippen molar-refractivity contribution in [3.05, 3.63) is 59.2 Å². The molecule has 2 rings (SSSR count). The van der Waals surface area contributed by atoms with Crippen LogP contribution in [0.1, 0.15) is 31.4 Å². The molecule has 0 heterocycles. The lowest BCUT2D eigenvalue weighted by atomic mass is 10.0. The lowest BCUT2D eigenvalue weighted by molar-refractivity contribution is 0.567. The molecule has 4 heteroatoms. The van der Waals surface area contributed by atoms with Gasteiger partial charge in [-0.05, 0) is 47.7 Å². The zero-order valence-electron chi connectivity index (χ0n) is 14.9. The van der Waals surface area contributed by atoms with E-state index in [9.17, 15) is 8.78 Å². The molecule has 0 aliphatic heterocycles. The van der Waals surface area contributed by atoms with E-state index in [4.69, 9.17) is 0 Å². The Hall–Kier alpha value is -1.00. The fraction of sp³-hybridized carbons (Fsp3) is 0.400. The maximum Gasteiger partial charge on any atom is 0.130 e. The molecule has 2 aromatic carbocycles. The first-order valence-corrected chi connectivity index (χ1v) is 11.0. The number of aryl methyl sites for hydroxylation is 1. The second-order valence-electron chi connectivity index (χ2n) is 5.23. The second kappa shape index (κ2) is 11.5. The smallest absolute Gasteiger partial charge is 0.130 e. The van der Waals surface area contributed by atoms with Crippen LogP contribution >= 0.6 is 11.8 Å².